The lowest BCUT2D eigenvalue weighted by Gasteiger charge is -2.35. The molecule has 0 radical (unpaired) electrons. The zero-order chi connectivity index (χ0) is 19.9. The van der Waals surface area contributed by atoms with Gasteiger partial charge in [0.25, 0.3) is 0 Å². The molecule has 0 rings (SSSR count). The first-order chi connectivity index (χ1) is 11.5. The van der Waals surface area contributed by atoms with Crippen molar-refractivity contribution >= 4 is 20.3 Å². The van der Waals surface area contributed by atoms with Gasteiger partial charge < -0.3 is 19.0 Å². The summed E-state index contributed by atoms with van der Waals surface area (Å²) < 4.78 is 15.3. The SMILES string of the molecule is CCCCOC(=O)CO.CCCCOC(=O)CO[Si](C)(C)C(C)(C)C. The Balaban J connectivity index is 0. The summed E-state index contributed by atoms with van der Waals surface area (Å²) in [7, 11) is -1.82. The fraction of sp³-hybridized carbons (Fsp3) is 0.889. The molecule has 0 saturated heterocycles. The second kappa shape index (κ2) is 14.3. The van der Waals surface area contributed by atoms with Crippen molar-refractivity contribution in [3.05, 3.63) is 0 Å². The maximum absolute atomic E-state index is 11.4. The van der Waals surface area contributed by atoms with Crippen LogP contribution in [0, 0.1) is 0 Å². The molecule has 0 amide bonds. The molecule has 150 valence electrons. The minimum Gasteiger partial charge on any atom is -0.464 e. The summed E-state index contributed by atoms with van der Waals surface area (Å²) in [5.41, 5.74) is 0. The summed E-state index contributed by atoms with van der Waals surface area (Å²) in [5, 5.41) is 8.30. The number of rotatable bonds is 10. The standard InChI is InChI=1S/C12H26O3Si.C6H12O3/c1-7-8-9-14-11(13)10-15-16(5,6)12(2,3)4;1-2-3-4-9-6(8)5-7/h7-10H2,1-6H3;7H,2-5H2,1H3. The van der Waals surface area contributed by atoms with Crippen molar-refractivity contribution in [1.29, 1.82) is 0 Å². The number of hydrogen-bond acceptors (Lipinski definition) is 6. The number of aliphatic hydroxyl groups excluding tert-OH is 1. The fourth-order valence-corrected chi connectivity index (χ4v) is 2.12. The molecular weight excluding hydrogens is 340 g/mol. The molecule has 0 unspecified atom stereocenters. The lowest BCUT2D eigenvalue weighted by molar-refractivity contribution is -0.147. The van der Waals surface area contributed by atoms with Gasteiger partial charge in [0.1, 0.15) is 13.2 Å². The van der Waals surface area contributed by atoms with E-state index in [1.165, 1.54) is 0 Å². The van der Waals surface area contributed by atoms with Gasteiger partial charge in [-0.1, -0.05) is 47.5 Å². The topological polar surface area (TPSA) is 82.1 Å². The number of unbranched alkanes of at least 4 members (excludes halogenated alkanes) is 2. The third-order valence-electron chi connectivity index (χ3n) is 4.01. The summed E-state index contributed by atoms with van der Waals surface area (Å²) in [4.78, 5) is 21.6. The molecule has 0 spiro atoms. The molecule has 0 aliphatic rings. The van der Waals surface area contributed by atoms with Crippen molar-refractivity contribution in [2.75, 3.05) is 26.4 Å². The number of carbonyl (C=O) groups is 2. The molecule has 0 fully saturated rings. The normalized spacial score (nSPS) is 11.4. The first-order valence-electron chi connectivity index (χ1n) is 9.07. The highest BCUT2D eigenvalue weighted by molar-refractivity contribution is 6.74. The van der Waals surface area contributed by atoms with Crippen LogP contribution in [0.3, 0.4) is 0 Å². The van der Waals surface area contributed by atoms with Crippen LogP contribution >= 0.6 is 0 Å². The van der Waals surface area contributed by atoms with Gasteiger partial charge in [-0.05, 0) is 31.0 Å². The summed E-state index contributed by atoms with van der Waals surface area (Å²) >= 11 is 0. The van der Waals surface area contributed by atoms with E-state index in [1.807, 2.05) is 6.92 Å². The first-order valence-corrected chi connectivity index (χ1v) is 12.0. The Morgan fingerprint density at radius 2 is 1.36 bits per heavy atom. The van der Waals surface area contributed by atoms with E-state index in [9.17, 15) is 9.59 Å². The quantitative estimate of drug-likeness (QED) is 0.355. The number of carbonyl (C=O) groups excluding carboxylic acids is 2. The van der Waals surface area contributed by atoms with Gasteiger partial charge in [-0.25, -0.2) is 9.59 Å². The minimum atomic E-state index is -1.82. The van der Waals surface area contributed by atoms with Crippen molar-refractivity contribution in [2.45, 2.75) is 78.4 Å². The van der Waals surface area contributed by atoms with E-state index in [0.29, 0.717) is 13.2 Å². The summed E-state index contributed by atoms with van der Waals surface area (Å²) in [5.74, 6) is -0.776. The molecule has 0 aliphatic heterocycles. The van der Waals surface area contributed by atoms with E-state index in [1.54, 1.807) is 0 Å². The monoisotopic (exact) mass is 378 g/mol. The molecule has 0 heterocycles. The average molecular weight is 379 g/mol. The second-order valence-corrected chi connectivity index (χ2v) is 12.2. The Kier molecular flexibility index (Phi) is 15.0. The highest BCUT2D eigenvalue weighted by atomic mass is 28.4. The summed E-state index contributed by atoms with van der Waals surface area (Å²) in [6.07, 6.45) is 3.83. The molecular formula is C18H38O6Si. The van der Waals surface area contributed by atoms with Crippen molar-refractivity contribution in [3.8, 4) is 0 Å². The van der Waals surface area contributed by atoms with Gasteiger partial charge in [-0.3, -0.25) is 0 Å². The maximum atomic E-state index is 11.4. The second-order valence-electron chi connectivity index (χ2n) is 7.36. The van der Waals surface area contributed by atoms with Crippen LogP contribution in [0.4, 0.5) is 0 Å². The molecule has 0 saturated carbocycles. The predicted molar refractivity (Wildman–Crippen MR) is 102 cm³/mol. The Bertz CT molecular complexity index is 363. The number of aliphatic hydroxyl groups is 1. The molecule has 0 aromatic heterocycles. The van der Waals surface area contributed by atoms with Gasteiger partial charge >= 0.3 is 11.9 Å². The van der Waals surface area contributed by atoms with Crippen LogP contribution in [0.25, 0.3) is 0 Å². The van der Waals surface area contributed by atoms with E-state index in [-0.39, 0.29) is 17.6 Å². The van der Waals surface area contributed by atoms with Crippen molar-refractivity contribution < 1.29 is 28.6 Å². The first kappa shape index (κ1) is 26.3. The fourth-order valence-electron chi connectivity index (χ4n) is 1.20. The molecule has 7 heteroatoms. The number of hydrogen-bond donors (Lipinski definition) is 1. The third-order valence-corrected chi connectivity index (χ3v) is 8.49. The smallest absolute Gasteiger partial charge is 0.331 e. The highest BCUT2D eigenvalue weighted by Gasteiger charge is 2.37. The molecule has 0 atom stereocenters. The Morgan fingerprint density at radius 1 is 0.920 bits per heavy atom. The summed E-state index contributed by atoms with van der Waals surface area (Å²) in [6.45, 7) is 15.3. The van der Waals surface area contributed by atoms with Crippen molar-refractivity contribution in [1.82, 2.24) is 0 Å². The van der Waals surface area contributed by atoms with E-state index >= 15 is 0 Å². The van der Waals surface area contributed by atoms with Gasteiger partial charge in [0.05, 0.1) is 13.2 Å². The van der Waals surface area contributed by atoms with Gasteiger partial charge in [0.15, 0.2) is 8.32 Å². The average Bonchev–Trinajstić information content (AvgIpc) is 2.53. The number of ether oxygens (including phenoxy) is 2. The Hall–Kier alpha value is -0.923. The highest BCUT2D eigenvalue weighted by Crippen LogP contribution is 2.36. The zero-order valence-corrected chi connectivity index (χ0v) is 18.1. The molecule has 1 N–H and O–H groups in total. The Labute approximate surface area is 154 Å². The van der Waals surface area contributed by atoms with Crippen molar-refractivity contribution in [3.63, 3.8) is 0 Å². The molecule has 6 nitrogen and oxygen atoms in total. The molecule has 0 aromatic carbocycles. The zero-order valence-electron chi connectivity index (χ0n) is 17.1. The maximum Gasteiger partial charge on any atom is 0.331 e. The van der Waals surface area contributed by atoms with Crippen molar-refractivity contribution in [2.24, 2.45) is 0 Å². The van der Waals surface area contributed by atoms with Gasteiger partial charge in [0, 0.05) is 0 Å². The largest absolute Gasteiger partial charge is 0.464 e. The van der Waals surface area contributed by atoms with E-state index < -0.39 is 20.9 Å². The van der Waals surface area contributed by atoms with Crippen LogP contribution < -0.4 is 0 Å². The number of esters is 2. The molecule has 25 heavy (non-hydrogen) atoms. The van der Waals surface area contributed by atoms with E-state index in [0.717, 1.165) is 25.7 Å². The van der Waals surface area contributed by atoms with Gasteiger partial charge in [-0.15, -0.1) is 0 Å². The Morgan fingerprint density at radius 3 is 1.72 bits per heavy atom. The lowest BCUT2D eigenvalue weighted by Crippen LogP contribution is -2.42. The van der Waals surface area contributed by atoms with Crippen LogP contribution in [0.5, 0.6) is 0 Å². The third kappa shape index (κ3) is 15.1. The van der Waals surface area contributed by atoms with Gasteiger partial charge in [-0.2, -0.15) is 0 Å². The van der Waals surface area contributed by atoms with E-state index in [4.69, 9.17) is 14.3 Å². The van der Waals surface area contributed by atoms with Gasteiger partial charge in [0.2, 0.25) is 0 Å². The van der Waals surface area contributed by atoms with Crippen LogP contribution in [-0.4, -0.2) is 51.8 Å². The summed E-state index contributed by atoms with van der Waals surface area (Å²) in [6, 6.07) is 0. The lowest BCUT2D eigenvalue weighted by atomic mass is 10.2. The van der Waals surface area contributed by atoms with Crippen LogP contribution in [-0.2, 0) is 23.5 Å². The van der Waals surface area contributed by atoms with E-state index in [2.05, 4.69) is 45.5 Å². The molecule has 0 aromatic rings. The molecule has 0 bridgehead atoms. The minimum absolute atomic E-state index is 0.0974. The van der Waals surface area contributed by atoms with Crippen LogP contribution in [0.2, 0.25) is 18.1 Å². The predicted octanol–water partition coefficient (Wildman–Crippen LogP) is 3.67. The van der Waals surface area contributed by atoms with Crippen LogP contribution in [0.15, 0.2) is 0 Å². The van der Waals surface area contributed by atoms with Crippen LogP contribution in [0.1, 0.15) is 60.3 Å². The molecule has 0 aliphatic carbocycles.